The maximum Gasteiger partial charge on any atom is 0.235 e. The zero-order valence-corrected chi connectivity index (χ0v) is 11.4. The van der Waals surface area contributed by atoms with Crippen LogP contribution in [0.15, 0.2) is 0 Å². The van der Waals surface area contributed by atoms with E-state index in [0.717, 1.165) is 51.6 Å². The molecule has 2 rings (SSSR count). The Balaban J connectivity index is 2.10. The molecule has 0 radical (unpaired) electrons. The van der Waals surface area contributed by atoms with Crippen molar-refractivity contribution in [3.05, 3.63) is 0 Å². The second-order valence-electron chi connectivity index (χ2n) is 5.47. The molecule has 1 saturated carbocycles. The third-order valence-electron chi connectivity index (χ3n) is 4.49. The Morgan fingerprint density at radius 1 is 1.47 bits per heavy atom. The van der Waals surface area contributed by atoms with Crippen molar-refractivity contribution in [2.75, 3.05) is 13.1 Å². The highest BCUT2D eigenvalue weighted by atomic mass is 32.1. The van der Waals surface area contributed by atoms with Gasteiger partial charge < -0.3 is 10.6 Å². The minimum Gasteiger partial charge on any atom is -0.392 e. The van der Waals surface area contributed by atoms with E-state index >= 15 is 0 Å². The first-order valence-corrected chi connectivity index (χ1v) is 7.10. The Bertz CT molecular complexity index is 323. The molecule has 0 aromatic heterocycles. The van der Waals surface area contributed by atoms with E-state index in [9.17, 15) is 4.79 Å². The smallest absolute Gasteiger partial charge is 0.235 e. The summed E-state index contributed by atoms with van der Waals surface area (Å²) < 4.78 is 0. The predicted octanol–water partition coefficient (Wildman–Crippen LogP) is 2.09. The molecule has 0 aromatic carbocycles. The molecule has 1 heterocycles. The van der Waals surface area contributed by atoms with Gasteiger partial charge in [-0.1, -0.05) is 38.4 Å². The molecule has 1 amide bonds. The Labute approximate surface area is 109 Å². The average Bonchev–Trinajstić information content (AvgIpc) is 2.98. The van der Waals surface area contributed by atoms with Gasteiger partial charge >= 0.3 is 0 Å². The van der Waals surface area contributed by atoms with Crippen LogP contribution in [0.5, 0.6) is 0 Å². The van der Waals surface area contributed by atoms with Crippen LogP contribution in [0.25, 0.3) is 0 Å². The first kappa shape index (κ1) is 12.8. The number of amides is 1. The summed E-state index contributed by atoms with van der Waals surface area (Å²) in [5.74, 6) is 0.877. The van der Waals surface area contributed by atoms with Crippen LogP contribution in [0.2, 0.25) is 0 Å². The maximum atomic E-state index is 12.6. The SMILES string of the molecule is CCC1CCN(C(=O)C2(C(N)=S)CCCC2)C1. The summed E-state index contributed by atoms with van der Waals surface area (Å²) in [6.07, 6.45) is 6.16. The Morgan fingerprint density at radius 3 is 2.59 bits per heavy atom. The topological polar surface area (TPSA) is 46.3 Å². The normalized spacial score (nSPS) is 27.4. The van der Waals surface area contributed by atoms with Crippen LogP contribution in [0, 0.1) is 11.3 Å². The van der Waals surface area contributed by atoms with Crippen LogP contribution in [0.4, 0.5) is 0 Å². The molecule has 96 valence electrons. The van der Waals surface area contributed by atoms with Crippen molar-refractivity contribution in [3.8, 4) is 0 Å². The van der Waals surface area contributed by atoms with Gasteiger partial charge in [0.25, 0.3) is 0 Å². The van der Waals surface area contributed by atoms with Crippen molar-refractivity contribution >= 4 is 23.1 Å². The molecule has 4 heteroatoms. The molecule has 1 aliphatic heterocycles. The minimum atomic E-state index is -0.502. The fourth-order valence-electron chi connectivity index (χ4n) is 3.20. The lowest BCUT2D eigenvalue weighted by Gasteiger charge is -2.31. The van der Waals surface area contributed by atoms with E-state index in [1.54, 1.807) is 0 Å². The molecule has 1 saturated heterocycles. The molecule has 2 N–H and O–H groups in total. The van der Waals surface area contributed by atoms with Crippen molar-refractivity contribution in [2.24, 2.45) is 17.1 Å². The van der Waals surface area contributed by atoms with Gasteiger partial charge in [0.05, 0.1) is 10.4 Å². The Kier molecular flexibility index (Phi) is 3.71. The third-order valence-corrected chi connectivity index (χ3v) is 4.88. The van der Waals surface area contributed by atoms with Gasteiger partial charge in [0.2, 0.25) is 5.91 Å². The second kappa shape index (κ2) is 4.92. The lowest BCUT2D eigenvalue weighted by Crippen LogP contribution is -2.48. The zero-order valence-electron chi connectivity index (χ0n) is 10.6. The number of hydrogen-bond acceptors (Lipinski definition) is 2. The highest BCUT2D eigenvalue weighted by molar-refractivity contribution is 7.80. The van der Waals surface area contributed by atoms with Crippen LogP contribution < -0.4 is 5.73 Å². The summed E-state index contributed by atoms with van der Waals surface area (Å²) in [5.41, 5.74) is 5.35. The van der Waals surface area contributed by atoms with Crippen molar-refractivity contribution < 1.29 is 4.79 Å². The van der Waals surface area contributed by atoms with Crippen molar-refractivity contribution in [2.45, 2.75) is 45.4 Å². The Hall–Kier alpha value is -0.640. The van der Waals surface area contributed by atoms with Gasteiger partial charge in [0, 0.05) is 13.1 Å². The first-order chi connectivity index (χ1) is 8.10. The summed E-state index contributed by atoms with van der Waals surface area (Å²) in [6.45, 7) is 3.99. The van der Waals surface area contributed by atoms with Gasteiger partial charge in [-0.3, -0.25) is 4.79 Å². The van der Waals surface area contributed by atoms with Crippen LogP contribution in [-0.4, -0.2) is 28.9 Å². The van der Waals surface area contributed by atoms with Crippen LogP contribution in [-0.2, 0) is 4.79 Å². The molecule has 1 unspecified atom stereocenters. The summed E-state index contributed by atoms with van der Waals surface area (Å²) in [5, 5.41) is 0. The first-order valence-electron chi connectivity index (χ1n) is 6.69. The Morgan fingerprint density at radius 2 is 2.12 bits per heavy atom. The highest BCUT2D eigenvalue weighted by Gasteiger charge is 2.47. The largest absolute Gasteiger partial charge is 0.392 e. The molecule has 17 heavy (non-hydrogen) atoms. The van der Waals surface area contributed by atoms with Gasteiger partial charge in [0.1, 0.15) is 0 Å². The van der Waals surface area contributed by atoms with Crippen molar-refractivity contribution in [1.82, 2.24) is 4.90 Å². The molecular formula is C13H22N2OS. The van der Waals surface area contributed by atoms with E-state index in [1.165, 1.54) is 0 Å². The second-order valence-corrected chi connectivity index (χ2v) is 5.91. The third kappa shape index (κ3) is 2.19. The number of likely N-dealkylation sites (tertiary alicyclic amines) is 1. The number of rotatable bonds is 3. The van der Waals surface area contributed by atoms with Crippen molar-refractivity contribution in [1.29, 1.82) is 0 Å². The number of nitrogens with two attached hydrogens (primary N) is 1. The van der Waals surface area contributed by atoms with Gasteiger partial charge in [-0.25, -0.2) is 0 Å². The monoisotopic (exact) mass is 254 g/mol. The number of nitrogens with zero attached hydrogens (tertiary/aromatic N) is 1. The number of carbonyl (C=O) groups excluding carboxylic acids is 1. The summed E-state index contributed by atoms with van der Waals surface area (Å²) in [4.78, 5) is 15.0. The van der Waals surface area contributed by atoms with Gasteiger partial charge in [-0.05, 0) is 25.2 Å². The lowest BCUT2D eigenvalue weighted by atomic mass is 9.84. The lowest BCUT2D eigenvalue weighted by molar-refractivity contribution is -0.137. The molecule has 1 atom stereocenters. The van der Waals surface area contributed by atoms with E-state index in [4.69, 9.17) is 18.0 Å². The standard InChI is InChI=1S/C13H22N2OS/c1-2-10-5-8-15(9-10)12(16)13(11(14)17)6-3-4-7-13/h10H,2-9H2,1H3,(H2,14,17). The molecule has 0 bridgehead atoms. The van der Waals surface area contributed by atoms with Crippen LogP contribution in [0.1, 0.15) is 45.4 Å². The highest BCUT2D eigenvalue weighted by Crippen LogP contribution is 2.41. The van der Waals surface area contributed by atoms with E-state index in [-0.39, 0.29) is 5.91 Å². The predicted molar refractivity (Wildman–Crippen MR) is 72.7 cm³/mol. The van der Waals surface area contributed by atoms with Gasteiger partial charge in [-0.2, -0.15) is 0 Å². The van der Waals surface area contributed by atoms with Crippen molar-refractivity contribution in [3.63, 3.8) is 0 Å². The van der Waals surface area contributed by atoms with E-state index in [2.05, 4.69) is 6.92 Å². The fraction of sp³-hybridized carbons (Fsp3) is 0.846. The number of thiocarbonyl (C=S) groups is 1. The molecule has 2 fully saturated rings. The quantitative estimate of drug-likeness (QED) is 0.785. The van der Waals surface area contributed by atoms with Crippen LogP contribution >= 0.6 is 12.2 Å². The summed E-state index contributed by atoms with van der Waals surface area (Å²) in [7, 11) is 0. The number of carbonyl (C=O) groups is 1. The zero-order chi connectivity index (χ0) is 12.5. The fourth-order valence-corrected chi connectivity index (χ4v) is 3.49. The van der Waals surface area contributed by atoms with Crippen LogP contribution in [0.3, 0.4) is 0 Å². The summed E-state index contributed by atoms with van der Waals surface area (Å²) >= 11 is 5.17. The maximum absolute atomic E-state index is 12.6. The summed E-state index contributed by atoms with van der Waals surface area (Å²) in [6, 6.07) is 0. The average molecular weight is 254 g/mol. The molecule has 3 nitrogen and oxygen atoms in total. The molecule has 0 spiro atoms. The molecular weight excluding hydrogens is 232 g/mol. The van der Waals surface area contributed by atoms with Gasteiger partial charge in [0.15, 0.2) is 0 Å². The van der Waals surface area contributed by atoms with E-state index < -0.39 is 5.41 Å². The van der Waals surface area contributed by atoms with E-state index in [1.807, 2.05) is 4.90 Å². The minimum absolute atomic E-state index is 0.207. The molecule has 2 aliphatic rings. The molecule has 0 aromatic rings. The molecule has 1 aliphatic carbocycles. The van der Waals surface area contributed by atoms with Gasteiger partial charge in [-0.15, -0.1) is 0 Å². The number of hydrogen-bond donors (Lipinski definition) is 1. The van der Waals surface area contributed by atoms with E-state index in [0.29, 0.717) is 10.9 Å².